The summed E-state index contributed by atoms with van der Waals surface area (Å²) in [7, 11) is 0. The highest BCUT2D eigenvalue weighted by Crippen LogP contribution is 2.28. The fourth-order valence-electron chi connectivity index (χ4n) is 3.71. The first-order valence-electron chi connectivity index (χ1n) is 9.99. The number of guanidine groups is 1. The number of nitrogens with zero attached hydrogens (tertiary/aromatic N) is 3. The van der Waals surface area contributed by atoms with E-state index >= 15 is 0 Å². The number of benzene rings is 1. The number of hydrogen-bond donors (Lipinski definition) is 2. The first-order chi connectivity index (χ1) is 13.2. The molecule has 6 nitrogen and oxygen atoms in total. The van der Waals surface area contributed by atoms with E-state index in [4.69, 9.17) is 4.99 Å². The Morgan fingerprint density at radius 2 is 2.14 bits per heavy atom. The maximum atomic E-state index is 11.7. The lowest BCUT2D eigenvalue weighted by atomic mass is 10.2. The normalized spacial score (nSPS) is 19.7. The van der Waals surface area contributed by atoms with Crippen molar-refractivity contribution in [3.05, 3.63) is 28.7 Å². The van der Waals surface area contributed by atoms with E-state index in [2.05, 4.69) is 56.6 Å². The van der Waals surface area contributed by atoms with Crippen LogP contribution < -0.4 is 15.5 Å². The Labute approximate surface area is 193 Å². The molecule has 1 unspecified atom stereocenters. The first-order valence-corrected chi connectivity index (χ1v) is 10.8. The Kier molecular flexibility index (Phi) is 9.84. The summed E-state index contributed by atoms with van der Waals surface area (Å²) in [5.41, 5.74) is 1.25. The molecular formula is C20H31BrIN5O. The number of carbonyl (C=O) groups is 1. The van der Waals surface area contributed by atoms with Crippen LogP contribution in [-0.4, -0.2) is 62.1 Å². The van der Waals surface area contributed by atoms with E-state index in [1.54, 1.807) is 0 Å². The molecule has 1 atom stereocenters. The number of anilines is 1. The number of amides is 1. The maximum Gasteiger partial charge on any atom is 0.222 e. The van der Waals surface area contributed by atoms with Gasteiger partial charge in [-0.1, -0.05) is 12.1 Å². The van der Waals surface area contributed by atoms with Gasteiger partial charge in [-0.25, -0.2) is 0 Å². The molecule has 0 saturated carbocycles. The number of hydrogen-bond acceptors (Lipinski definition) is 3. The molecule has 0 aromatic heterocycles. The molecule has 3 rings (SSSR count). The van der Waals surface area contributed by atoms with Crippen molar-refractivity contribution in [3.63, 3.8) is 0 Å². The van der Waals surface area contributed by atoms with Gasteiger partial charge in [-0.2, -0.15) is 0 Å². The predicted molar refractivity (Wildman–Crippen MR) is 130 cm³/mol. The van der Waals surface area contributed by atoms with Crippen molar-refractivity contribution >= 4 is 57.5 Å². The van der Waals surface area contributed by atoms with Crippen LogP contribution in [0.2, 0.25) is 0 Å². The lowest BCUT2D eigenvalue weighted by Crippen LogP contribution is -2.44. The van der Waals surface area contributed by atoms with Crippen molar-refractivity contribution in [3.8, 4) is 0 Å². The van der Waals surface area contributed by atoms with Gasteiger partial charge < -0.3 is 20.4 Å². The summed E-state index contributed by atoms with van der Waals surface area (Å²) in [5.74, 6) is 1.17. The highest BCUT2D eigenvalue weighted by Gasteiger charge is 2.24. The monoisotopic (exact) mass is 563 g/mol. The van der Waals surface area contributed by atoms with Gasteiger partial charge in [0, 0.05) is 56.2 Å². The maximum absolute atomic E-state index is 11.7. The van der Waals surface area contributed by atoms with Crippen molar-refractivity contribution in [2.24, 2.45) is 4.99 Å². The van der Waals surface area contributed by atoms with Crippen LogP contribution >= 0.6 is 39.9 Å². The third kappa shape index (κ3) is 6.50. The van der Waals surface area contributed by atoms with Gasteiger partial charge in [0.2, 0.25) is 5.91 Å². The zero-order valence-electron chi connectivity index (χ0n) is 16.5. The number of para-hydroxylation sites is 1. The standard InChI is InChI=1S/C20H30BrN5O.HI/c1-2-22-20(23-11-6-13-25-12-5-9-19(25)27)24-16-10-14-26(15-16)18-8-4-3-7-17(18)21;/h3-4,7-8,16H,2,5-6,9-15H2,1H3,(H2,22,23,24);1H. The summed E-state index contributed by atoms with van der Waals surface area (Å²) in [6, 6.07) is 8.76. The summed E-state index contributed by atoms with van der Waals surface area (Å²) in [6.45, 7) is 7.40. The Balaban J connectivity index is 0.00000280. The van der Waals surface area contributed by atoms with Gasteiger partial charge >= 0.3 is 0 Å². The Bertz CT molecular complexity index is 672. The lowest BCUT2D eigenvalue weighted by molar-refractivity contribution is -0.127. The minimum Gasteiger partial charge on any atom is -0.368 e. The molecule has 2 fully saturated rings. The van der Waals surface area contributed by atoms with Crippen LogP contribution in [0.4, 0.5) is 5.69 Å². The number of rotatable bonds is 7. The fourth-order valence-corrected chi connectivity index (χ4v) is 4.25. The van der Waals surface area contributed by atoms with Gasteiger partial charge in [0.15, 0.2) is 5.96 Å². The number of aliphatic imine (C=N–C) groups is 1. The van der Waals surface area contributed by atoms with E-state index < -0.39 is 0 Å². The molecule has 0 bridgehead atoms. The molecule has 1 amide bonds. The molecule has 0 spiro atoms. The SMILES string of the molecule is CCNC(=NCCCN1CCCC1=O)NC1CCN(c2ccccc2Br)C1.I. The molecule has 28 heavy (non-hydrogen) atoms. The molecule has 0 radical (unpaired) electrons. The van der Waals surface area contributed by atoms with Crippen LogP contribution in [0, 0.1) is 0 Å². The van der Waals surface area contributed by atoms with E-state index in [9.17, 15) is 4.79 Å². The topological polar surface area (TPSA) is 60.0 Å². The van der Waals surface area contributed by atoms with Crippen molar-refractivity contribution in [2.45, 2.75) is 38.6 Å². The first kappa shape index (κ1) is 23.3. The third-order valence-electron chi connectivity index (χ3n) is 5.09. The smallest absolute Gasteiger partial charge is 0.222 e. The fraction of sp³-hybridized carbons (Fsp3) is 0.600. The molecule has 2 N–H and O–H groups in total. The van der Waals surface area contributed by atoms with Crippen molar-refractivity contribution in [1.29, 1.82) is 0 Å². The minimum atomic E-state index is 0. The second kappa shape index (κ2) is 11.8. The van der Waals surface area contributed by atoms with Crippen molar-refractivity contribution in [2.75, 3.05) is 44.2 Å². The molecule has 1 aromatic rings. The average Bonchev–Trinajstić information content (AvgIpc) is 3.28. The van der Waals surface area contributed by atoms with Crippen LogP contribution in [0.1, 0.15) is 32.6 Å². The van der Waals surface area contributed by atoms with E-state index in [0.717, 1.165) is 69.0 Å². The predicted octanol–water partition coefficient (Wildman–Crippen LogP) is 3.21. The highest BCUT2D eigenvalue weighted by atomic mass is 127. The number of carbonyl (C=O) groups excluding carboxylic acids is 1. The van der Waals surface area contributed by atoms with Gasteiger partial charge in [0.25, 0.3) is 0 Å². The minimum absolute atomic E-state index is 0. The van der Waals surface area contributed by atoms with Gasteiger partial charge in [-0.3, -0.25) is 9.79 Å². The Morgan fingerprint density at radius 1 is 1.32 bits per heavy atom. The zero-order chi connectivity index (χ0) is 19.1. The molecular weight excluding hydrogens is 533 g/mol. The molecule has 156 valence electrons. The van der Waals surface area contributed by atoms with Crippen LogP contribution in [0.15, 0.2) is 33.7 Å². The summed E-state index contributed by atoms with van der Waals surface area (Å²) >= 11 is 3.65. The molecule has 1 aromatic carbocycles. The van der Waals surface area contributed by atoms with E-state index in [0.29, 0.717) is 18.4 Å². The second-order valence-corrected chi connectivity index (χ2v) is 7.98. The molecule has 2 aliphatic heterocycles. The second-order valence-electron chi connectivity index (χ2n) is 7.13. The van der Waals surface area contributed by atoms with Crippen molar-refractivity contribution in [1.82, 2.24) is 15.5 Å². The lowest BCUT2D eigenvalue weighted by Gasteiger charge is -2.21. The highest BCUT2D eigenvalue weighted by molar-refractivity contribution is 14.0. The van der Waals surface area contributed by atoms with Crippen molar-refractivity contribution < 1.29 is 4.79 Å². The Morgan fingerprint density at radius 3 is 2.86 bits per heavy atom. The Hall–Kier alpha value is -1.03. The third-order valence-corrected chi connectivity index (χ3v) is 5.76. The van der Waals surface area contributed by atoms with E-state index in [1.807, 2.05) is 11.0 Å². The number of nitrogens with one attached hydrogen (secondary N) is 2. The number of halogens is 2. The van der Waals surface area contributed by atoms with E-state index in [-0.39, 0.29) is 24.0 Å². The zero-order valence-corrected chi connectivity index (χ0v) is 20.4. The molecule has 0 aliphatic carbocycles. The van der Waals surface area contributed by atoms with Crippen LogP contribution in [0.3, 0.4) is 0 Å². The molecule has 2 saturated heterocycles. The summed E-state index contributed by atoms with van der Waals surface area (Å²) in [6.07, 6.45) is 3.72. The quantitative estimate of drug-likeness (QED) is 0.231. The van der Waals surface area contributed by atoms with Gasteiger partial charge in [0.05, 0.1) is 5.69 Å². The van der Waals surface area contributed by atoms with Gasteiger partial charge in [-0.15, -0.1) is 24.0 Å². The number of likely N-dealkylation sites (tertiary alicyclic amines) is 1. The average molecular weight is 564 g/mol. The van der Waals surface area contributed by atoms with Crippen LogP contribution in [0.5, 0.6) is 0 Å². The molecule has 8 heteroatoms. The largest absolute Gasteiger partial charge is 0.368 e. The van der Waals surface area contributed by atoms with Crippen LogP contribution in [-0.2, 0) is 4.79 Å². The van der Waals surface area contributed by atoms with Crippen LogP contribution in [0.25, 0.3) is 0 Å². The summed E-state index contributed by atoms with van der Waals surface area (Å²) in [5, 5.41) is 6.92. The summed E-state index contributed by atoms with van der Waals surface area (Å²) in [4.78, 5) is 20.7. The molecule has 2 aliphatic rings. The molecule has 2 heterocycles. The van der Waals surface area contributed by atoms with E-state index in [1.165, 1.54) is 5.69 Å². The summed E-state index contributed by atoms with van der Waals surface area (Å²) < 4.78 is 1.14. The van der Waals surface area contributed by atoms with Gasteiger partial charge in [0.1, 0.15) is 0 Å². The van der Waals surface area contributed by atoms with Gasteiger partial charge in [-0.05, 0) is 54.2 Å².